The van der Waals surface area contributed by atoms with Gasteiger partial charge in [0.1, 0.15) is 0 Å². The van der Waals surface area contributed by atoms with E-state index < -0.39 is 0 Å². The van der Waals surface area contributed by atoms with Crippen molar-refractivity contribution in [2.24, 2.45) is 0 Å². The Bertz CT molecular complexity index is 891. The van der Waals surface area contributed by atoms with Crippen LogP contribution in [0.15, 0.2) is 73.1 Å². The highest BCUT2D eigenvalue weighted by atomic mass is 16.2. The first-order chi connectivity index (χ1) is 13.2. The summed E-state index contributed by atoms with van der Waals surface area (Å²) in [6, 6.07) is 20.5. The van der Waals surface area contributed by atoms with Crippen LogP contribution in [0.4, 0.5) is 0 Å². The third-order valence-electron chi connectivity index (χ3n) is 5.10. The first-order valence-corrected chi connectivity index (χ1v) is 9.31. The number of carbonyl (C=O) groups is 1. The van der Waals surface area contributed by atoms with E-state index >= 15 is 0 Å². The second-order valence-corrected chi connectivity index (χ2v) is 7.10. The van der Waals surface area contributed by atoms with Gasteiger partial charge in [0.25, 0.3) is 5.91 Å². The fourth-order valence-corrected chi connectivity index (χ4v) is 3.62. The van der Waals surface area contributed by atoms with E-state index in [-0.39, 0.29) is 11.9 Å². The fourth-order valence-electron chi connectivity index (χ4n) is 3.62. The SMILES string of the molecule is CN1CCN(C(=O)c2cnn(Cc3ccccc3)c2)C(c2ccccc2)C1. The summed E-state index contributed by atoms with van der Waals surface area (Å²) in [7, 11) is 2.11. The van der Waals surface area contributed by atoms with Crippen molar-refractivity contribution in [3.8, 4) is 0 Å². The predicted molar refractivity (Wildman–Crippen MR) is 105 cm³/mol. The quantitative estimate of drug-likeness (QED) is 0.718. The Balaban J connectivity index is 1.54. The second kappa shape index (κ2) is 7.76. The Morgan fingerprint density at radius 2 is 1.74 bits per heavy atom. The van der Waals surface area contributed by atoms with Crippen LogP contribution in [0.2, 0.25) is 0 Å². The van der Waals surface area contributed by atoms with Crippen LogP contribution in [0.3, 0.4) is 0 Å². The summed E-state index contributed by atoms with van der Waals surface area (Å²) in [5.41, 5.74) is 2.99. The third kappa shape index (κ3) is 3.93. The Kier molecular flexibility index (Phi) is 5.03. The molecule has 1 unspecified atom stereocenters. The number of piperazine rings is 1. The summed E-state index contributed by atoms with van der Waals surface area (Å²) in [6.45, 7) is 3.11. The van der Waals surface area contributed by atoms with Gasteiger partial charge in [0.05, 0.1) is 24.3 Å². The number of hydrogen-bond donors (Lipinski definition) is 0. The largest absolute Gasteiger partial charge is 0.329 e. The summed E-state index contributed by atoms with van der Waals surface area (Å²) in [6.07, 6.45) is 3.54. The van der Waals surface area contributed by atoms with Crippen molar-refractivity contribution in [1.29, 1.82) is 0 Å². The van der Waals surface area contributed by atoms with E-state index in [1.54, 1.807) is 6.20 Å². The van der Waals surface area contributed by atoms with Crippen LogP contribution in [0.1, 0.15) is 27.5 Å². The first-order valence-electron chi connectivity index (χ1n) is 9.31. The number of hydrogen-bond acceptors (Lipinski definition) is 3. The van der Waals surface area contributed by atoms with E-state index in [2.05, 4.69) is 41.3 Å². The summed E-state index contributed by atoms with van der Waals surface area (Å²) < 4.78 is 1.83. The van der Waals surface area contributed by atoms with Crippen molar-refractivity contribution >= 4 is 5.91 Å². The number of nitrogens with zero attached hydrogens (tertiary/aromatic N) is 4. The van der Waals surface area contributed by atoms with E-state index in [0.717, 1.165) is 19.6 Å². The number of likely N-dealkylation sites (N-methyl/N-ethyl adjacent to an activating group) is 1. The van der Waals surface area contributed by atoms with Gasteiger partial charge in [0, 0.05) is 25.8 Å². The molecule has 0 saturated carbocycles. The average molecular weight is 360 g/mol. The van der Waals surface area contributed by atoms with Crippen molar-refractivity contribution in [2.45, 2.75) is 12.6 Å². The second-order valence-electron chi connectivity index (χ2n) is 7.10. The van der Waals surface area contributed by atoms with Crippen LogP contribution in [-0.4, -0.2) is 52.2 Å². The van der Waals surface area contributed by atoms with Crippen LogP contribution in [0.5, 0.6) is 0 Å². The molecule has 2 aromatic carbocycles. The minimum absolute atomic E-state index is 0.0521. The summed E-state index contributed by atoms with van der Waals surface area (Å²) >= 11 is 0. The highest BCUT2D eigenvalue weighted by molar-refractivity contribution is 5.94. The van der Waals surface area contributed by atoms with E-state index in [1.807, 2.05) is 52.2 Å². The van der Waals surface area contributed by atoms with Gasteiger partial charge in [-0.05, 0) is 18.2 Å². The van der Waals surface area contributed by atoms with Gasteiger partial charge in [-0.1, -0.05) is 60.7 Å². The fraction of sp³-hybridized carbons (Fsp3) is 0.273. The minimum Gasteiger partial charge on any atom is -0.329 e. The molecule has 1 aliphatic rings. The molecule has 1 fully saturated rings. The molecular formula is C22H24N4O. The molecule has 0 N–H and O–H groups in total. The molecule has 5 heteroatoms. The maximum Gasteiger partial charge on any atom is 0.257 e. The molecule has 3 aromatic rings. The van der Waals surface area contributed by atoms with Crippen molar-refractivity contribution in [1.82, 2.24) is 19.6 Å². The molecule has 5 nitrogen and oxygen atoms in total. The lowest BCUT2D eigenvalue weighted by molar-refractivity contribution is 0.0498. The Morgan fingerprint density at radius 3 is 2.48 bits per heavy atom. The van der Waals surface area contributed by atoms with Crippen LogP contribution < -0.4 is 0 Å². The van der Waals surface area contributed by atoms with E-state index in [4.69, 9.17) is 0 Å². The molecule has 1 aromatic heterocycles. The van der Waals surface area contributed by atoms with Crippen molar-refractivity contribution in [3.63, 3.8) is 0 Å². The van der Waals surface area contributed by atoms with Gasteiger partial charge in [0.15, 0.2) is 0 Å². The normalized spacial score (nSPS) is 17.8. The molecule has 1 amide bonds. The van der Waals surface area contributed by atoms with E-state index in [0.29, 0.717) is 12.1 Å². The van der Waals surface area contributed by atoms with Crippen LogP contribution in [0, 0.1) is 0 Å². The smallest absolute Gasteiger partial charge is 0.257 e. The van der Waals surface area contributed by atoms with Crippen molar-refractivity contribution < 1.29 is 4.79 Å². The zero-order valence-corrected chi connectivity index (χ0v) is 15.5. The topological polar surface area (TPSA) is 41.4 Å². The van der Waals surface area contributed by atoms with Gasteiger partial charge >= 0.3 is 0 Å². The predicted octanol–water partition coefficient (Wildman–Crippen LogP) is 3.06. The lowest BCUT2D eigenvalue weighted by atomic mass is 10.0. The molecule has 4 rings (SSSR count). The van der Waals surface area contributed by atoms with Crippen LogP contribution in [-0.2, 0) is 6.54 Å². The van der Waals surface area contributed by atoms with Gasteiger partial charge < -0.3 is 9.80 Å². The Hall–Kier alpha value is -2.92. The molecule has 27 heavy (non-hydrogen) atoms. The number of benzene rings is 2. The van der Waals surface area contributed by atoms with Crippen LogP contribution in [0.25, 0.3) is 0 Å². The maximum absolute atomic E-state index is 13.2. The molecule has 0 aliphatic carbocycles. The number of amides is 1. The minimum atomic E-state index is 0.0521. The zero-order chi connectivity index (χ0) is 18.6. The number of rotatable bonds is 4. The highest BCUT2D eigenvalue weighted by Gasteiger charge is 2.31. The molecule has 0 radical (unpaired) electrons. The third-order valence-corrected chi connectivity index (χ3v) is 5.10. The standard InChI is InChI=1S/C22H24N4O/c1-24-12-13-26(21(17-24)19-10-6-3-7-11-19)22(27)20-14-23-25(16-20)15-18-8-4-2-5-9-18/h2-11,14,16,21H,12-13,15,17H2,1H3. The van der Waals surface area contributed by atoms with E-state index in [1.165, 1.54) is 11.1 Å². The van der Waals surface area contributed by atoms with Gasteiger partial charge in [-0.3, -0.25) is 9.48 Å². The van der Waals surface area contributed by atoms with Gasteiger partial charge in [0.2, 0.25) is 0 Å². The van der Waals surface area contributed by atoms with Gasteiger partial charge in [-0.2, -0.15) is 5.10 Å². The van der Waals surface area contributed by atoms with Gasteiger partial charge in [-0.25, -0.2) is 0 Å². The molecule has 1 saturated heterocycles. The Morgan fingerprint density at radius 1 is 1.04 bits per heavy atom. The first kappa shape index (κ1) is 17.5. The monoisotopic (exact) mass is 360 g/mol. The van der Waals surface area contributed by atoms with Crippen molar-refractivity contribution in [3.05, 3.63) is 89.7 Å². The summed E-state index contributed by atoms with van der Waals surface area (Å²) in [5.74, 6) is 0.0521. The van der Waals surface area contributed by atoms with Crippen molar-refractivity contribution in [2.75, 3.05) is 26.7 Å². The molecule has 0 spiro atoms. The average Bonchev–Trinajstić information content (AvgIpc) is 3.17. The molecule has 138 valence electrons. The number of aromatic nitrogens is 2. The zero-order valence-electron chi connectivity index (χ0n) is 15.5. The molecule has 2 heterocycles. The lowest BCUT2D eigenvalue weighted by Gasteiger charge is -2.40. The summed E-state index contributed by atoms with van der Waals surface area (Å²) in [5, 5.41) is 4.40. The highest BCUT2D eigenvalue weighted by Crippen LogP contribution is 2.26. The Labute approximate surface area is 159 Å². The molecule has 1 atom stereocenters. The summed E-state index contributed by atoms with van der Waals surface area (Å²) in [4.78, 5) is 17.5. The molecule has 1 aliphatic heterocycles. The maximum atomic E-state index is 13.2. The molecule has 0 bridgehead atoms. The van der Waals surface area contributed by atoms with E-state index in [9.17, 15) is 4.79 Å². The molecular weight excluding hydrogens is 336 g/mol. The van der Waals surface area contributed by atoms with Crippen LogP contribution >= 0.6 is 0 Å². The van der Waals surface area contributed by atoms with Gasteiger partial charge in [-0.15, -0.1) is 0 Å². The number of carbonyl (C=O) groups excluding carboxylic acids is 1. The lowest BCUT2D eigenvalue weighted by Crippen LogP contribution is -2.49.